The minimum Gasteiger partial charge on any atom is -0.338 e. The van der Waals surface area contributed by atoms with Crippen molar-refractivity contribution in [3.63, 3.8) is 0 Å². The summed E-state index contributed by atoms with van der Waals surface area (Å²) in [5, 5.41) is 1.56. The lowest BCUT2D eigenvalue weighted by molar-refractivity contribution is 0.0732. The zero-order valence-electron chi connectivity index (χ0n) is 12.9. The van der Waals surface area contributed by atoms with E-state index in [1.807, 2.05) is 23.6 Å². The van der Waals surface area contributed by atoms with E-state index in [2.05, 4.69) is 36.2 Å². The van der Waals surface area contributed by atoms with Gasteiger partial charge in [-0.25, -0.2) is 4.98 Å². The summed E-state index contributed by atoms with van der Waals surface area (Å²) in [5.41, 5.74) is 1.34. The molecule has 0 aliphatic carbocycles. The number of carbonyl (C=O) groups excluding carboxylic acids is 1. The number of nitrogens with zero attached hydrogens (tertiary/aromatic N) is 2. The van der Waals surface area contributed by atoms with E-state index in [0.29, 0.717) is 5.25 Å². The second kappa shape index (κ2) is 6.84. The SMILES string of the molecule is Cc1ncc(C(=O)N2CCC(Sc3ccccc3C)CC2)s1. The van der Waals surface area contributed by atoms with E-state index in [9.17, 15) is 4.79 Å². The molecule has 1 amide bonds. The Hall–Kier alpha value is -1.33. The molecule has 0 atom stereocenters. The summed E-state index contributed by atoms with van der Waals surface area (Å²) in [6, 6.07) is 8.53. The Morgan fingerprint density at radius 1 is 1.27 bits per heavy atom. The van der Waals surface area contributed by atoms with E-state index in [1.54, 1.807) is 6.20 Å². The molecule has 0 N–H and O–H groups in total. The van der Waals surface area contributed by atoms with Crippen LogP contribution in [0.2, 0.25) is 0 Å². The van der Waals surface area contributed by atoms with Crippen molar-refractivity contribution < 1.29 is 4.79 Å². The number of hydrogen-bond acceptors (Lipinski definition) is 4. The quantitative estimate of drug-likeness (QED) is 0.846. The first kappa shape index (κ1) is 15.6. The molecule has 1 aromatic heterocycles. The van der Waals surface area contributed by atoms with Gasteiger partial charge in [0.15, 0.2) is 0 Å². The Morgan fingerprint density at radius 2 is 2.00 bits per heavy atom. The predicted molar refractivity (Wildman–Crippen MR) is 92.8 cm³/mol. The lowest BCUT2D eigenvalue weighted by Crippen LogP contribution is -2.39. The molecule has 1 aliphatic heterocycles. The lowest BCUT2D eigenvalue weighted by atomic mass is 10.1. The summed E-state index contributed by atoms with van der Waals surface area (Å²) < 4.78 is 0. The summed E-state index contributed by atoms with van der Waals surface area (Å²) in [6.07, 6.45) is 3.82. The van der Waals surface area contributed by atoms with E-state index in [1.165, 1.54) is 21.8 Å². The minimum atomic E-state index is 0.143. The highest BCUT2D eigenvalue weighted by atomic mass is 32.2. The molecule has 1 fully saturated rings. The van der Waals surface area contributed by atoms with Crippen molar-refractivity contribution in [1.29, 1.82) is 0 Å². The molecule has 0 spiro atoms. The zero-order chi connectivity index (χ0) is 15.5. The number of benzene rings is 1. The van der Waals surface area contributed by atoms with Crippen molar-refractivity contribution in [1.82, 2.24) is 9.88 Å². The number of likely N-dealkylation sites (tertiary alicyclic amines) is 1. The first-order valence-corrected chi connectivity index (χ1v) is 9.27. The Balaban J connectivity index is 1.56. The fourth-order valence-corrected chi connectivity index (χ4v) is 4.62. The smallest absolute Gasteiger partial charge is 0.265 e. The molecule has 0 radical (unpaired) electrons. The van der Waals surface area contributed by atoms with Crippen LogP contribution in [0, 0.1) is 13.8 Å². The third kappa shape index (κ3) is 3.52. The van der Waals surface area contributed by atoms with Crippen molar-refractivity contribution in [2.24, 2.45) is 0 Å². The van der Waals surface area contributed by atoms with Gasteiger partial charge in [-0.1, -0.05) is 18.2 Å². The number of thioether (sulfide) groups is 1. The maximum absolute atomic E-state index is 12.4. The number of amides is 1. The third-order valence-electron chi connectivity index (χ3n) is 3.95. The van der Waals surface area contributed by atoms with Crippen LogP contribution in [0.4, 0.5) is 0 Å². The summed E-state index contributed by atoms with van der Waals surface area (Å²) in [6.45, 7) is 5.79. The van der Waals surface area contributed by atoms with Gasteiger partial charge in [0.05, 0.1) is 11.2 Å². The van der Waals surface area contributed by atoms with E-state index >= 15 is 0 Å². The number of aromatic nitrogens is 1. The van der Waals surface area contributed by atoms with Crippen LogP contribution in [-0.4, -0.2) is 34.1 Å². The first-order valence-electron chi connectivity index (χ1n) is 7.57. The molecular formula is C17H20N2OS2. The molecule has 0 unspecified atom stereocenters. The molecule has 2 heterocycles. The number of rotatable bonds is 3. The zero-order valence-corrected chi connectivity index (χ0v) is 14.5. The van der Waals surface area contributed by atoms with E-state index < -0.39 is 0 Å². The second-order valence-electron chi connectivity index (χ2n) is 5.62. The lowest BCUT2D eigenvalue weighted by Gasteiger charge is -2.31. The molecule has 22 heavy (non-hydrogen) atoms. The molecule has 1 aromatic carbocycles. The monoisotopic (exact) mass is 332 g/mol. The van der Waals surface area contributed by atoms with E-state index in [4.69, 9.17) is 0 Å². The fraction of sp³-hybridized carbons (Fsp3) is 0.412. The summed E-state index contributed by atoms with van der Waals surface area (Å²) >= 11 is 3.44. The van der Waals surface area contributed by atoms with Gasteiger partial charge in [0.25, 0.3) is 5.91 Å². The average molecular weight is 332 g/mol. The van der Waals surface area contributed by atoms with Crippen molar-refractivity contribution in [2.45, 2.75) is 36.8 Å². The predicted octanol–water partition coefficient (Wildman–Crippen LogP) is 4.16. The van der Waals surface area contributed by atoms with Crippen molar-refractivity contribution in [3.8, 4) is 0 Å². The van der Waals surface area contributed by atoms with Gasteiger partial charge in [0.2, 0.25) is 0 Å². The van der Waals surface area contributed by atoms with Crippen LogP contribution in [0.5, 0.6) is 0 Å². The summed E-state index contributed by atoms with van der Waals surface area (Å²) in [4.78, 5) is 20.7. The maximum Gasteiger partial charge on any atom is 0.265 e. The molecule has 0 bridgehead atoms. The fourth-order valence-electron chi connectivity index (χ4n) is 2.66. The van der Waals surface area contributed by atoms with Crippen molar-refractivity contribution in [3.05, 3.63) is 45.9 Å². The molecule has 1 saturated heterocycles. The number of piperidine rings is 1. The van der Waals surface area contributed by atoms with E-state index in [0.717, 1.165) is 35.8 Å². The number of aryl methyl sites for hydroxylation is 2. The second-order valence-corrected chi connectivity index (χ2v) is 8.20. The highest BCUT2D eigenvalue weighted by Gasteiger charge is 2.25. The van der Waals surface area contributed by atoms with Crippen molar-refractivity contribution in [2.75, 3.05) is 13.1 Å². The van der Waals surface area contributed by atoms with Crippen molar-refractivity contribution >= 4 is 29.0 Å². The third-order valence-corrected chi connectivity index (χ3v) is 6.37. The Morgan fingerprint density at radius 3 is 2.64 bits per heavy atom. The highest BCUT2D eigenvalue weighted by molar-refractivity contribution is 8.00. The van der Waals surface area contributed by atoms with Gasteiger partial charge < -0.3 is 4.90 Å². The Labute approximate surface area is 139 Å². The first-order chi connectivity index (χ1) is 10.6. The van der Waals surface area contributed by atoms with Crippen LogP contribution in [-0.2, 0) is 0 Å². The standard InChI is InChI=1S/C17H20N2OS2/c1-12-5-3-4-6-15(12)22-14-7-9-19(10-8-14)17(20)16-11-18-13(2)21-16/h3-6,11,14H,7-10H2,1-2H3. The topological polar surface area (TPSA) is 33.2 Å². The number of carbonyl (C=O) groups is 1. The summed E-state index contributed by atoms with van der Waals surface area (Å²) in [5.74, 6) is 0.143. The average Bonchev–Trinajstić information content (AvgIpc) is 2.96. The molecule has 5 heteroatoms. The molecule has 0 saturated carbocycles. The number of thiazole rings is 1. The molecule has 1 aliphatic rings. The Bertz CT molecular complexity index is 660. The molecule has 2 aromatic rings. The van der Waals surface area contributed by atoms with Crippen LogP contribution < -0.4 is 0 Å². The van der Waals surface area contributed by atoms with Gasteiger partial charge in [0, 0.05) is 23.2 Å². The minimum absolute atomic E-state index is 0.143. The van der Waals surface area contributed by atoms with Gasteiger partial charge in [-0.05, 0) is 38.3 Å². The van der Waals surface area contributed by atoms with Crippen LogP contribution in [0.1, 0.15) is 33.1 Å². The molecular weight excluding hydrogens is 312 g/mol. The molecule has 3 nitrogen and oxygen atoms in total. The van der Waals surface area contributed by atoms with E-state index in [-0.39, 0.29) is 5.91 Å². The van der Waals surface area contributed by atoms with Crippen LogP contribution in [0.15, 0.2) is 35.4 Å². The van der Waals surface area contributed by atoms with Gasteiger partial charge >= 0.3 is 0 Å². The van der Waals surface area contributed by atoms with Gasteiger partial charge in [0.1, 0.15) is 4.88 Å². The molecule has 116 valence electrons. The highest BCUT2D eigenvalue weighted by Crippen LogP contribution is 2.32. The van der Waals surface area contributed by atoms with Gasteiger partial charge in [-0.15, -0.1) is 23.1 Å². The van der Waals surface area contributed by atoms with Crippen LogP contribution in [0.25, 0.3) is 0 Å². The van der Waals surface area contributed by atoms with Crippen LogP contribution >= 0.6 is 23.1 Å². The summed E-state index contributed by atoms with van der Waals surface area (Å²) in [7, 11) is 0. The Kier molecular flexibility index (Phi) is 4.84. The normalized spacial score (nSPS) is 16.0. The maximum atomic E-state index is 12.4. The number of hydrogen-bond donors (Lipinski definition) is 0. The largest absolute Gasteiger partial charge is 0.338 e. The van der Waals surface area contributed by atoms with Gasteiger partial charge in [-0.2, -0.15) is 0 Å². The van der Waals surface area contributed by atoms with Crippen LogP contribution in [0.3, 0.4) is 0 Å². The van der Waals surface area contributed by atoms with Gasteiger partial charge in [-0.3, -0.25) is 4.79 Å². The molecule has 3 rings (SSSR count).